The van der Waals surface area contributed by atoms with E-state index in [9.17, 15) is 13.2 Å². The number of hydrogen-bond donors (Lipinski definition) is 0. The molecule has 0 saturated heterocycles. The molecule has 0 bridgehead atoms. The molecule has 140 valence electrons. The van der Waals surface area contributed by atoms with Crippen LogP contribution in [0.25, 0.3) is 0 Å². The van der Waals surface area contributed by atoms with Crippen molar-refractivity contribution >= 4 is 15.7 Å². The van der Waals surface area contributed by atoms with Gasteiger partial charge in [0.1, 0.15) is 0 Å². The average molecular weight is 381 g/mol. The van der Waals surface area contributed by atoms with Crippen LogP contribution in [0.2, 0.25) is 0 Å². The lowest BCUT2D eigenvalue weighted by Gasteiger charge is -2.34. The largest absolute Gasteiger partial charge is 0.314 e. The van der Waals surface area contributed by atoms with Crippen molar-refractivity contribution in [3.8, 4) is 0 Å². The Bertz CT molecular complexity index is 978. The van der Waals surface area contributed by atoms with Crippen molar-refractivity contribution in [2.45, 2.75) is 42.9 Å². The first kappa shape index (κ1) is 18.0. The highest BCUT2D eigenvalue weighted by Crippen LogP contribution is 2.42. The highest BCUT2D eigenvalue weighted by molar-refractivity contribution is 7.92. The lowest BCUT2D eigenvalue weighted by molar-refractivity contribution is -0.130. The predicted octanol–water partition coefficient (Wildman–Crippen LogP) is 3.86. The van der Waals surface area contributed by atoms with Gasteiger partial charge in [-0.1, -0.05) is 48.0 Å². The van der Waals surface area contributed by atoms with Crippen molar-refractivity contribution in [3.63, 3.8) is 0 Å². The minimum Gasteiger partial charge on any atom is -0.314 e. The first-order chi connectivity index (χ1) is 13.0. The zero-order chi connectivity index (χ0) is 19.0. The van der Waals surface area contributed by atoms with Gasteiger partial charge in [-0.25, -0.2) is 8.42 Å². The SMILES string of the molecule is Cc1ccc(S(=O)(=O)[C@H]2C(=O)N(Cc3ccccc3)C=C3CCC[C@@H]32)cc1. The molecule has 1 aliphatic carbocycles. The van der Waals surface area contributed by atoms with Crippen LogP contribution in [0.5, 0.6) is 0 Å². The molecule has 2 aromatic carbocycles. The number of rotatable bonds is 4. The Hall–Kier alpha value is -2.40. The maximum Gasteiger partial charge on any atom is 0.246 e. The monoisotopic (exact) mass is 381 g/mol. The molecule has 27 heavy (non-hydrogen) atoms. The molecule has 2 aromatic rings. The highest BCUT2D eigenvalue weighted by atomic mass is 32.2. The summed E-state index contributed by atoms with van der Waals surface area (Å²) < 4.78 is 26.7. The Morgan fingerprint density at radius 2 is 1.74 bits per heavy atom. The van der Waals surface area contributed by atoms with E-state index >= 15 is 0 Å². The molecular weight excluding hydrogens is 358 g/mol. The van der Waals surface area contributed by atoms with Crippen LogP contribution in [0.1, 0.15) is 30.4 Å². The van der Waals surface area contributed by atoms with Gasteiger partial charge in [-0.2, -0.15) is 0 Å². The van der Waals surface area contributed by atoms with Crippen LogP contribution in [0.4, 0.5) is 0 Å². The molecule has 1 aliphatic heterocycles. The van der Waals surface area contributed by atoms with Crippen LogP contribution >= 0.6 is 0 Å². The second-order valence-electron chi connectivity index (χ2n) is 7.43. The molecule has 1 fully saturated rings. The number of amides is 1. The molecule has 0 spiro atoms. The summed E-state index contributed by atoms with van der Waals surface area (Å²) in [5, 5.41) is -1.02. The Labute approximate surface area is 160 Å². The molecule has 1 saturated carbocycles. The van der Waals surface area contributed by atoms with E-state index in [1.807, 2.05) is 43.5 Å². The standard InChI is InChI=1S/C22H23NO3S/c1-16-10-12-19(13-11-16)27(25,26)21-20-9-5-8-18(20)15-23(22(21)24)14-17-6-3-2-4-7-17/h2-4,6-7,10-13,15,20-21H,5,8-9,14H2,1H3/t20-,21+/m0/s1. The van der Waals surface area contributed by atoms with Crippen molar-refractivity contribution in [1.82, 2.24) is 4.90 Å². The third kappa shape index (κ3) is 3.32. The number of allylic oxidation sites excluding steroid dienone is 1. The number of hydrogen-bond acceptors (Lipinski definition) is 3. The first-order valence-electron chi connectivity index (χ1n) is 9.32. The summed E-state index contributed by atoms with van der Waals surface area (Å²) in [6, 6.07) is 16.5. The number of nitrogens with zero attached hydrogens (tertiary/aromatic N) is 1. The summed E-state index contributed by atoms with van der Waals surface area (Å²) in [5.41, 5.74) is 3.08. The van der Waals surface area contributed by atoms with E-state index < -0.39 is 15.1 Å². The quantitative estimate of drug-likeness (QED) is 0.808. The van der Waals surface area contributed by atoms with E-state index in [-0.39, 0.29) is 16.7 Å². The zero-order valence-corrected chi connectivity index (χ0v) is 16.2. The number of carbonyl (C=O) groups is 1. The minimum atomic E-state index is -3.74. The topological polar surface area (TPSA) is 54.5 Å². The summed E-state index contributed by atoms with van der Waals surface area (Å²) in [7, 11) is -3.74. The second-order valence-corrected chi connectivity index (χ2v) is 9.50. The molecule has 4 nitrogen and oxygen atoms in total. The van der Waals surface area contributed by atoms with Gasteiger partial charge in [0.15, 0.2) is 15.1 Å². The van der Waals surface area contributed by atoms with Gasteiger partial charge in [0.25, 0.3) is 0 Å². The van der Waals surface area contributed by atoms with Crippen LogP contribution in [-0.4, -0.2) is 24.5 Å². The summed E-state index contributed by atoms with van der Waals surface area (Å²) in [4.78, 5) is 15.1. The van der Waals surface area contributed by atoms with E-state index in [2.05, 4.69) is 0 Å². The molecule has 0 N–H and O–H groups in total. The molecule has 2 atom stereocenters. The van der Waals surface area contributed by atoms with E-state index in [4.69, 9.17) is 0 Å². The fourth-order valence-electron chi connectivity index (χ4n) is 4.13. The highest BCUT2D eigenvalue weighted by Gasteiger charge is 2.47. The van der Waals surface area contributed by atoms with Crippen molar-refractivity contribution in [2.24, 2.45) is 5.92 Å². The van der Waals surface area contributed by atoms with E-state index in [1.54, 1.807) is 29.2 Å². The molecule has 0 unspecified atom stereocenters. The third-order valence-corrected chi connectivity index (χ3v) is 7.68. The summed E-state index contributed by atoms with van der Waals surface area (Å²) in [6.45, 7) is 2.32. The van der Waals surface area contributed by atoms with Gasteiger partial charge in [-0.15, -0.1) is 0 Å². The van der Waals surface area contributed by atoms with Crippen molar-refractivity contribution in [1.29, 1.82) is 0 Å². The Balaban J connectivity index is 1.72. The van der Waals surface area contributed by atoms with E-state index in [1.165, 1.54) is 0 Å². The third-order valence-electron chi connectivity index (χ3n) is 5.55. The molecule has 2 aliphatic rings. The smallest absolute Gasteiger partial charge is 0.246 e. The Morgan fingerprint density at radius 3 is 2.44 bits per heavy atom. The molecule has 0 radical (unpaired) electrons. The van der Waals surface area contributed by atoms with Crippen molar-refractivity contribution in [2.75, 3.05) is 0 Å². The van der Waals surface area contributed by atoms with Gasteiger partial charge >= 0.3 is 0 Å². The van der Waals surface area contributed by atoms with Gasteiger partial charge in [0, 0.05) is 12.1 Å². The van der Waals surface area contributed by atoms with E-state index in [0.717, 1.165) is 36.0 Å². The molecule has 1 heterocycles. The maximum atomic E-state index is 13.4. The minimum absolute atomic E-state index is 0.198. The number of benzene rings is 2. The molecule has 1 amide bonds. The van der Waals surface area contributed by atoms with Crippen LogP contribution in [0.3, 0.4) is 0 Å². The number of sulfone groups is 1. The summed E-state index contributed by atoms with van der Waals surface area (Å²) in [5.74, 6) is -0.508. The number of carbonyl (C=O) groups excluding carboxylic acids is 1. The zero-order valence-electron chi connectivity index (χ0n) is 15.3. The first-order valence-corrected chi connectivity index (χ1v) is 10.9. The summed E-state index contributed by atoms with van der Waals surface area (Å²) >= 11 is 0. The van der Waals surface area contributed by atoms with Gasteiger partial charge in [0.2, 0.25) is 5.91 Å². The lowest BCUT2D eigenvalue weighted by Crippen LogP contribution is -2.47. The normalized spacial score (nSPS) is 22.5. The van der Waals surface area contributed by atoms with E-state index in [0.29, 0.717) is 6.54 Å². The van der Waals surface area contributed by atoms with Crippen molar-refractivity contribution < 1.29 is 13.2 Å². The maximum absolute atomic E-state index is 13.4. The Morgan fingerprint density at radius 1 is 1.04 bits per heavy atom. The van der Waals surface area contributed by atoms with Gasteiger partial charge < -0.3 is 4.90 Å². The van der Waals surface area contributed by atoms with Crippen molar-refractivity contribution in [3.05, 3.63) is 77.5 Å². The van der Waals surface area contributed by atoms with Gasteiger partial charge in [-0.3, -0.25) is 4.79 Å². The Kier molecular flexibility index (Phi) is 4.64. The molecule has 0 aromatic heterocycles. The number of aryl methyl sites for hydroxylation is 1. The average Bonchev–Trinajstić information content (AvgIpc) is 3.11. The van der Waals surface area contributed by atoms with Crippen LogP contribution in [-0.2, 0) is 21.2 Å². The fourth-order valence-corrected chi connectivity index (χ4v) is 6.08. The predicted molar refractivity (Wildman–Crippen MR) is 105 cm³/mol. The van der Waals surface area contributed by atoms with Gasteiger partial charge in [-0.05, 0) is 49.5 Å². The van der Waals surface area contributed by atoms with Crippen LogP contribution < -0.4 is 0 Å². The molecular formula is C22H23NO3S. The molecule has 5 heteroatoms. The second kappa shape index (κ2) is 6.97. The molecule has 4 rings (SSSR count). The van der Waals surface area contributed by atoms with Crippen LogP contribution in [0.15, 0.2) is 71.3 Å². The summed E-state index contributed by atoms with van der Waals surface area (Å²) in [6.07, 6.45) is 4.45. The van der Waals surface area contributed by atoms with Gasteiger partial charge in [0.05, 0.1) is 11.4 Å². The van der Waals surface area contributed by atoms with Crippen LogP contribution in [0, 0.1) is 12.8 Å². The lowest BCUT2D eigenvalue weighted by atomic mass is 9.94. The number of fused-ring (bicyclic) bond motifs is 1. The fraction of sp³-hybridized carbons (Fsp3) is 0.318.